The number of halogens is 1. The van der Waals surface area contributed by atoms with E-state index in [0.29, 0.717) is 0 Å². The molecule has 0 aliphatic heterocycles. The molecule has 0 spiro atoms. The molecule has 0 radical (unpaired) electrons. The Morgan fingerprint density at radius 2 is 1.57 bits per heavy atom. The Balaban J connectivity index is 1.79. The number of rotatable bonds is 2. The molecule has 3 aromatic carbocycles. The van der Waals surface area contributed by atoms with Crippen LogP contribution in [0.3, 0.4) is 0 Å². The summed E-state index contributed by atoms with van der Waals surface area (Å²) in [4.78, 5) is 0. The van der Waals surface area contributed by atoms with Crippen LogP contribution in [0.4, 0.5) is 0 Å². The molecule has 3 heteroatoms. The average molecular weight is 319 g/mol. The van der Waals surface area contributed by atoms with E-state index >= 15 is 0 Å². The summed E-state index contributed by atoms with van der Waals surface area (Å²) >= 11 is 5.95. The largest absolute Gasteiger partial charge is 0.277 e. The van der Waals surface area contributed by atoms with Crippen LogP contribution in [0, 0.1) is 6.92 Å². The van der Waals surface area contributed by atoms with E-state index in [1.54, 1.807) is 0 Å². The van der Waals surface area contributed by atoms with Crippen LogP contribution in [0.25, 0.3) is 33.3 Å². The minimum Gasteiger partial charge on any atom is -0.277 e. The molecule has 23 heavy (non-hydrogen) atoms. The quantitative estimate of drug-likeness (QED) is 0.493. The Kier molecular flexibility index (Phi) is 3.40. The predicted molar refractivity (Wildman–Crippen MR) is 96.7 cm³/mol. The van der Waals surface area contributed by atoms with Gasteiger partial charge in [-0.25, -0.2) is 0 Å². The summed E-state index contributed by atoms with van der Waals surface area (Å²) in [5, 5.41) is 10.8. The second kappa shape index (κ2) is 5.56. The number of fused-ring (bicyclic) bond motifs is 1. The van der Waals surface area contributed by atoms with Crippen LogP contribution in [0.5, 0.6) is 0 Å². The van der Waals surface area contributed by atoms with Crippen LogP contribution in [0.2, 0.25) is 5.02 Å². The zero-order chi connectivity index (χ0) is 15.8. The van der Waals surface area contributed by atoms with E-state index in [9.17, 15) is 0 Å². The standard InChI is InChI=1S/C20H15ClN2/c1-13-10-15-4-2-3-5-16(15)11-18(13)20-12-19(22-23-20)14-6-8-17(21)9-7-14/h2-12H,1H3,(H,22,23). The van der Waals surface area contributed by atoms with Gasteiger partial charge in [-0.05, 0) is 47.5 Å². The molecule has 0 saturated heterocycles. The summed E-state index contributed by atoms with van der Waals surface area (Å²) in [7, 11) is 0. The highest BCUT2D eigenvalue weighted by Gasteiger charge is 2.09. The molecule has 1 heterocycles. The Bertz CT molecular complexity index is 984. The van der Waals surface area contributed by atoms with Gasteiger partial charge in [0.25, 0.3) is 0 Å². The third kappa shape index (κ3) is 2.62. The van der Waals surface area contributed by atoms with Crippen LogP contribution >= 0.6 is 11.6 Å². The van der Waals surface area contributed by atoms with Gasteiger partial charge in [-0.15, -0.1) is 0 Å². The Hall–Kier alpha value is -2.58. The van der Waals surface area contributed by atoms with Crippen LogP contribution < -0.4 is 0 Å². The molecular weight excluding hydrogens is 304 g/mol. The van der Waals surface area contributed by atoms with Crippen molar-refractivity contribution in [3.63, 3.8) is 0 Å². The fourth-order valence-corrected chi connectivity index (χ4v) is 3.00. The van der Waals surface area contributed by atoms with Gasteiger partial charge >= 0.3 is 0 Å². The lowest BCUT2D eigenvalue weighted by Crippen LogP contribution is -1.84. The van der Waals surface area contributed by atoms with Gasteiger partial charge in [-0.3, -0.25) is 5.10 Å². The number of aryl methyl sites for hydroxylation is 1. The first-order chi connectivity index (χ1) is 11.2. The van der Waals surface area contributed by atoms with Crippen molar-refractivity contribution in [3.05, 3.63) is 77.3 Å². The molecule has 1 N–H and O–H groups in total. The molecular formula is C20H15ClN2. The molecule has 0 bridgehead atoms. The molecule has 0 aliphatic rings. The van der Waals surface area contributed by atoms with E-state index in [4.69, 9.17) is 11.6 Å². The number of nitrogens with zero attached hydrogens (tertiary/aromatic N) is 1. The van der Waals surface area contributed by atoms with Gasteiger partial charge in [-0.2, -0.15) is 5.10 Å². The lowest BCUT2D eigenvalue weighted by atomic mass is 9.99. The number of hydrogen-bond donors (Lipinski definition) is 1. The summed E-state index contributed by atoms with van der Waals surface area (Å²) < 4.78 is 0. The normalized spacial score (nSPS) is 11.0. The third-order valence-corrected chi connectivity index (χ3v) is 4.35. The topological polar surface area (TPSA) is 28.7 Å². The Morgan fingerprint density at radius 3 is 2.30 bits per heavy atom. The molecule has 112 valence electrons. The highest BCUT2D eigenvalue weighted by molar-refractivity contribution is 6.30. The first-order valence-corrected chi connectivity index (χ1v) is 7.89. The number of benzene rings is 3. The van der Waals surface area contributed by atoms with E-state index in [2.05, 4.69) is 59.6 Å². The van der Waals surface area contributed by atoms with Crippen molar-refractivity contribution >= 4 is 22.4 Å². The number of hydrogen-bond acceptors (Lipinski definition) is 1. The highest BCUT2D eigenvalue weighted by Crippen LogP contribution is 2.30. The number of nitrogens with one attached hydrogen (secondary N) is 1. The molecule has 0 amide bonds. The molecule has 0 aliphatic carbocycles. The van der Waals surface area contributed by atoms with Gasteiger partial charge in [0.1, 0.15) is 0 Å². The lowest BCUT2D eigenvalue weighted by Gasteiger charge is -2.06. The van der Waals surface area contributed by atoms with Crippen molar-refractivity contribution in [3.8, 4) is 22.5 Å². The zero-order valence-corrected chi connectivity index (χ0v) is 13.4. The van der Waals surface area contributed by atoms with Crippen molar-refractivity contribution in [1.29, 1.82) is 0 Å². The van der Waals surface area contributed by atoms with Gasteiger partial charge in [0.05, 0.1) is 11.4 Å². The van der Waals surface area contributed by atoms with Crippen LogP contribution in [0.1, 0.15) is 5.56 Å². The number of aromatic nitrogens is 2. The summed E-state index contributed by atoms with van der Waals surface area (Å²) in [5.74, 6) is 0. The van der Waals surface area contributed by atoms with Crippen molar-refractivity contribution in [2.75, 3.05) is 0 Å². The van der Waals surface area contributed by atoms with Crippen molar-refractivity contribution in [2.45, 2.75) is 6.92 Å². The molecule has 0 unspecified atom stereocenters. The summed E-state index contributed by atoms with van der Waals surface area (Å²) in [6.45, 7) is 2.13. The number of H-pyrrole nitrogens is 1. The van der Waals surface area contributed by atoms with E-state index in [1.807, 2.05) is 24.3 Å². The summed E-state index contributed by atoms with van der Waals surface area (Å²) in [6.07, 6.45) is 0. The van der Waals surface area contributed by atoms with Crippen LogP contribution in [0.15, 0.2) is 66.7 Å². The maximum absolute atomic E-state index is 5.95. The Labute approximate surface area is 139 Å². The van der Waals surface area contributed by atoms with E-state index in [1.165, 1.54) is 21.9 Å². The highest BCUT2D eigenvalue weighted by atomic mass is 35.5. The van der Waals surface area contributed by atoms with Crippen molar-refractivity contribution in [2.24, 2.45) is 0 Å². The molecule has 0 fully saturated rings. The predicted octanol–water partition coefficient (Wildman–Crippen LogP) is 5.86. The molecule has 2 nitrogen and oxygen atoms in total. The van der Waals surface area contributed by atoms with Gasteiger partial charge in [0.2, 0.25) is 0 Å². The van der Waals surface area contributed by atoms with Gasteiger partial charge in [0, 0.05) is 16.1 Å². The van der Waals surface area contributed by atoms with Gasteiger partial charge < -0.3 is 0 Å². The van der Waals surface area contributed by atoms with E-state index in [-0.39, 0.29) is 0 Å². The summed E-state index contributed by atoms with van der Waals surface area (Å²) in [6, 6.07) is 22.6. The molecule has 4 aromatic rings. The smallest absolute Gasteiger partial charge is 0.0927 e. The minimum atomic E-state index is 0.731. The first-order valence-electron chi connectivity index (χ1n) is 7.52. The molecule has 0 atom stereocenters. The van der Waals surface area contributed by atoms with E-state index in [0.717, 1.165) is 22.0 Å². The fraction of sp³-hybridized carbons (Fsp3) is 0.0500. The first kappa shape index (κ1) is 14.0. The van der Waals surface area contributed by atoms with Crippen molar-refractivity contribution in [1.82, 2.24) is 10.2 Å². The van der Waals surface area contributed by atoms with Crippen molar-refractivity contribution < 1.29 is 0 Å². The second-order valence-corrected chi connectivity index (χ2v) is 6.12. The zero-order valence-electron chi connectivity index (χ0n) is 12.7. The van der Waals surface area contributed by atoms with Crippen LogP contribution in [-0.2, 0) is 0 Å². The molecule has 4 rings (SSSR count). The maximum atomic E-state index is 5.95. The SMILES string of the molecule is Cc1cc2ccccc2cc1-c1cc(-c2ccc(Cl)cc2)n[nH]1. The minimum absolute atomic E-state index is 0.731. The molecule has 1 aromatic heterocycles. The molecule has 0 saturated carbocycles. The monoisotopic (exact) mass is 318 g/mol. The van der Waals surface area contributed by atoms with Gasteiger partial charge in [-0.1, -0.05) is 54.1 Å². The number of aromatic amines is 1. The summed E-state index contributed by atoms with van der Waals surface area (Å²) in [5.41, 5.74) is 5.41. The van der Waals surface area contributed by atoms with Gasteiger partial charge in [0.15, 0.2) is 0 Å². The van der Waals surface area contributed by atoms with Crippen LogP contribution in [-0.4, -0.2) is 10.2 Å². The lowest BCUT2D eigenvalue weighted by molar-refractivity contribution is 1.10. The second-order valence-electron chi connectivity index (χ2n) is 5.69. The Morgan fingerprint density at radius 1 is 0.870 bits per heavy atom. The third-order valence-electron chi connectivity index (χ3n) is 4.10. The fourth-order valence-electron chi connectivity index (χ4n) is 2.87. The average Bonchev–Trinajstić information content (AvgIpc) is 3.04. The van der Waals surface area contributed by atoms with E-state index < -0.39 is 0 Å². The maximum Gasteiger partial charge on any atom is 0.0927 e.